The number of terminal acetylenes is 1. The average molecular weight is 1430 g/mol. The largest absolute Gasteiger partial charge is 0.508 e. The van der Waals surface area contributed by atoms with Crippen molar-refractivity contribution in [2.75, 3.05) is 140 Å². The number of carbonyl (C=O) groups excluding carboxylic acids is 10. The number of esters is 3. The normalized spacial score (nSPS) is 20.9. The lowest BCUT2D eigenvalue weighted by Gasteiger charge is -2.41. The number of amidine groups is 1. The van der Waals surface area contributed by atoms with Crippen LogP contribution in [0, 0.1) is 18.3 Å². The van der Waals surface area contributed by atoms with Crippen LogP contribution in [-0.2, 0) is 114 Å². The lowest BCUT2D eigenvalue weighted by molar-refractivity contribution is -0.172. The molecule has 0 aromatic rings. The molecule has 0 unspecified atom stereocenters. The van der Waals surface area contributed by atoms with Crippen LogP contribution in [0.3, 0.4) is 0 Å². The molecule has 0 bridgehead atoms. The van der Waals surface area contributed by atoms with Crippen LogP contribution < -0.4 is 26.6 Å². The van der Waals surface area contributed by atoms with Gasteiger partial charge in [-0.1, -0.05) is 19.4 Å². The maximum absolute atomic E-state index is 13.6. The number of aliphatic imine (C=N–C) groups is 1. The van der Waals surface area contributed by atoms with Crippen molar-refractivity contribution in [2.24, 2.45) is 10.9 Å². The Morgan fingerprint density at radius 3 is 1.66 bits per heavy atom. The van der Waals surface area contributed by atoms with Gasteiger partial charge in [0.25, 0.3) is 0 Å². The summed E-state index contributed by atoms with van der Waals surface area (Å²) in [6.45, 7) is 19.9. The summed E-state index contributed by atoms with van der Waals surface area (Å²) in [5.74, 6) is -2.39. The molecule has 5 amide bonds. The SMILES string of the molecule is C#CCOCCOCCOCCOCCC(=O)N(CCOCCNC(=O)O[C@@H]([C@@H]1OC(C(=O)OC)=C[C@H](NC(=C)NC(=O)OC(C)(C)C)[C@H]1NC(C)=O)[C@H]1COC(=O)O1)CCOCCOCCCC(=O)O[C@@H]([C@@H]1OC(C(=O)OC)=C[C@H](N=C(C)NC(=O)OC(C)(C)C)[C@H]1C)[C@H]1COC(=O)O1. The minimum atomic E-state index is -1.59. The molecule has 5 N–H and O–H groups in total. The van der Waals surface area contributed by atoms with Crippen molar-refractivity contribution in [2.45, 2.75) is 148 Å². The first kappa shape index (κ1) is 83.7. The van der Waals surface area contributed by atoms with Gasteiger partial charge in [-0.3, -0.25) is 30.0 Å². The van der Waals surface area contributed by atoms with E-state index in [0.717, 1.165) is 14.2 Å². The molecule has 2 fully saturated rings. The van der Waals surface area contributed by atoms with E-state index in [0.29, 0.717) is 26.4 Å². The number of nitrogens with zero attached hydrogens (tertiary/aromatic N) is 2. The van der Waals surface area contributed by atoms with Gasteiger partial charge < -0.3 is 111 Å². The summed E-state index contributed by atoms with van der Waals surface area (Å²) >= 11 is 0. The number of ether oxygens (including phenoxy) is 19. The van der Waals surface area contributed by atoms with E-state index in [9.17, 15) is 47.9 Å². The highest BCUT2D eigenvalue weighted by Crippen LogP contribution is 2.34. The number of rotatable bonds is 42. The van der Waals surface area contributed by atoms with Gasteiger partial charge in [-0.05, 0) is 67.0 Å². The summed E-state index contributed by atoms with van der Waals surface area (Å²) in [5, 5.41) is 13.1. The third-order valence-corrected chi connectivity index (χ3v) is 13.9. The van der Waals surface area contributed by atoms with Crippen LogP contribution in [0.5, 0.6) is 0 Å². The summed E-state index contributed by atoms with van der Waals surface area (Å²) < 4.78 is 104. The maximum Gasteiger partial charge on any atom is 0.508 e. The Bertz CT molecular complexity index is 2850. The number of hydrogen-bond acceptors (Lipinski definition) is 31. The fourth-order valence-corrected chi connectivity index (χ4v) is 9.54. The summed E-state index contributed by atoms with van der Waals surface area (Å²) in [7, 11) is 2.23. The average Bonchev–Trinajstić information content (AvgIpc) is 1.24. The van der Waals surface area contributed by atoms with Gasteiger partial charge in [0.05, 0.1) is 118 Å². The van der Waals surface area contributed by atoms with E-state index in [1.807, 2.05) is 0 Å². The molecule has 4 aliphatic rings. The summed E-state index contributed by atoms with van der Waals surface area (Å²) in [4.78, 5) is 135. The first-order chi connectivity index (χ1) is 47.5. The van der Waals surface area contributed by atoms with Crippen LogP contribution in [0.4, 0.5) is 24.0 Å². The minimum Gasteiger partial charge on any atom is -0.479 e. The summed E-state index contributed by atoms with van der Waals surface area (Å²) in [6, 6.07) is -3.20. The van der Waals surface area contributed by atoms with Crippen molar-refractivity contribution in [3.63, 3.8) is 0 Å². The molecule has 0 aromatic heterocycles. The first-order valence-electron chi connectivity index (χ1n) is 32.3. The molecule has 4 aliphatic heterocycles. The highest BCUT2D eigenvalue weighted by molar-refractivity contribution is 5.94. The molecule has 0 spiro atoms. The Kier molecular flexibility index (Phi) is 36.6. The Morgan fingerprint density at radius 1 is 0.630 bits per heavy atom. The Balaban J connectivity index is 1.32. The molecule has 36 heteroatoms. The Morgan fingerprint density at radius 2 is 1.13 bits per heavy atom. The van der Waals surface area contributed by atoms with Crippen LogP contribution in [-0.4, -0.2) is 277 Å². The quantitative estimate of drug-likeness (QED) is 0.0146. The van der Waals surface area contributed by atoms with Crippen molar-refractivity contribution < 1.29 is 138 Å². The summed E-state index contributed by atoms with van der Waals surface area (Å²) in [6.07, 6.45) is -4.99. The van der Waals surface area contributed by atoms with Gasteiger partial charge >= 0.3 is 48.5 Å². The van der Waals surface area contributed by atoms with E-state index < -0.39 is 139 Å². The van der Waals surface area contributed by atoms with Crippen LogP contribution in [0.2, 0.25) is 0 Å². The number of methoxy groups -OCH3 is 2. The number of alkyl carbamates (subject to hydrolysis) is 3. The number of nitrogens with one attached hydrogen (secondary N) is 5. The van der Waals surface area contributed by atoms with Crippen LogP contribution in [0.15, 0.2) is 41.1 Å². The van der Waals surface area contributed by atoms with E-state index in [4.69, 9.17) is 96.4 Å². The highest BCUT2D eigenvalue weighted by Gasteiger charge is 2.51. The second kappa shape index (κ2) is 43.7. The zero-order chi connectivity index (χ0) is 73.8. The molecule has 4 rings (SSSR count). The monoisotopic (exact) mass is 1430 g/mol. The van der Waals surface area contributed by atoms with E-state index in [1.54, 1.807) is 48.5 Å². The molecule has 0 aromatic carbocycles. The fraction of sp³-hybridized carbons (Fsp3) is 0.703. The molecule has 4 heterocycles. The van der Waals surface area contributed by atoms with Crippen molar-refractivity contribution in [1.82, 2.24) is 31.5 Å². The molecule has 0 radical (unpaired) electrons. The van der Waals surface area contributed by atoms with Crippen molar-refractivity contribution in [3.8, 4) is 12.3 Å². The van der Waals surface area contributed by atoms with E-state index >= 15 is 0 Å². The van der Waals surface area contributed by atoms with Crippen LogP contribution in [0.25, 0.3) is 0 Å². The molecule has 2 saturated heterocycles. The minimum absolute atomic E-state index is 0.0103. The molecular weight excluding hydrogens is 1330 g/mol. The van der Waals surface area contributed by atoms with E-state index in [2.05, 4.69) is 44.1 Å². The van der Waals surface area contributed by atoms with Gasteiger partial charge in [0, 0.05) is 45.5 Å². The molecule has 36 nitrogen and oxygen atoms in total. The molecule has 0 aliphatic carbocycles. The molecule has 562 valence electrons. The smallest absolute Gasteiger partial charge is 0.479 e. The molecule has 100 heavy (non-hydrogen) atoms. The summed E-state index contributed by atoms with van der Waals surface area (Å²) in [5.41, 5.74) is -1.67. The maximum atomic E-state index is 13.6. The second-order valence-electron chi connectivity index (χ2n) is 24.3. The third-order valence-electron chi connectivity index (χ3n) is 13.9. The van der Waals surface area contributed by atoms with Crippen molar-refractivity contribution >= 4 is 66.1 Å². The fourth-order valence-electron chi connectivity index (χ4n) is 9.54. The molecule has 0 saturated carbocycles. The van der Waals surface area contributed by atoms with Gasteiger partial charge in [0.15, 0.2) is 30.5 Å². The standard InChI is InChI=1S/C64H97N7O29/c1-14-21-84-27-31-89-33-34-90-32-29-86-23-17-49(73)71(19-25-87-24-18-65-58(77)98-54(48-38-92-62(81)96-48)55-51(70-42(5)72)44(36-46(94-55)57(76)83-13)67-41(4)69-60(79)100-64(9,10)11)20-26-88-30-28-85-22-15-16-50(74)97-53(47-37-91-61(80)95-47)52-39(2)43(35-45(93-52)56(75)82-12)66-40(3)68-59(78)99-63(6,7)8/h1,35-36,39,43-44,47-48,51-55,67H,4,15-34,37-38H2,2-3,5-13H3,(H,65,77)(H,69,79)(H,70,72)(H,66,68,78)/t39-,43+,44+,47-,48-,51-,52-,53-,54-,55-/m1/s1. The number of hydrogen-bond donors (Lipinski definition) is 5. The zero-order valence-electron chi connectivity index (χ0n) is 58.5. The molecular formula is C64H97N7O29. The van der Waals surface area contributed by atoms with Crippen molar-refractivity contribution in [3.05, 3.63) is 36.1 Å². The van der Waals surface area contributed by atoms with Crippen LogP contribution in [0.1, 0.15) is 81.6 Å². The highest BCUT2D eigenvalue weighted by atomic mass is 16.8. The van der Waals surface area contributed by atoms with Gasteiger partial charge in [0.2, 0.25) is 23.3 Å². The zero-order valence-corrected chi connectivity index (χ0v) is 58.5. The number of amides is 5. The Labute approximate surface area is 580 Å². The van der Waals surface area contributed by atoms with Crippen LogP contribution >= 0.6 is 0 Å². The third kappa shape index (κ3) is 32.1. The number of carbonyl (C=O) groups is 10. The number of cyclic esters (lactones) is 4. The predicted octanol–water partition coefficient (Wildman–Crippen LogP) is 2.13. The Hall–Kier alpha value is -8.73. The van der Waals surface area contributed by atoms with Gasteiger partial charge in [0.1, 0.15) is 48.8 Å². The lowest BCUT2D eigenvalue weighted by Crippen LogP contribution is -2.64. The lowest BCUT2D eigenvalue weighted by atomic mass is 9.87. The van der Waals surface area contributed by atoms with Gasteiger partial charge in [-0.15, -0.1) is 6.42 Å². The first-order valence-corrected chi connectivity index (χ1v) is 32.3. The van der Waals surface area contributed by atoms with E-state index in [-0.39, 0.29) is 135 Å². The van der Waals surface area contributed by atoms with Gasteiger partial charge in [-0.2, -0.15) is 0 Å². The van der Waals surface area contributed by atoms with Crippen molar-refractivity contribution in [1.29, 1.82) is 0 Å². The predicted molar refractivity (Wildman–Crippen MR) is 344 cm³/mol. The second-order valence-corrected chi connectivity index (χ2v) is 24.3. The van der Waals surface area contributed by atoms with Gasteiger partial charge in [-0.25, -0.2) is 33.6 Å². The van der Waals surface area contributed by atoms with E-state index in [1.165, 1.54) is 30.9 Å². The molecule has 10 atom stereocenters. The topological polar surface area (TPSA) is 422 Å².